The summed E-state index contributed by atoms with van der Waals surface area (Å²) in [5.41, 5.74) is 7.33. The van der Waals surface area contributed by atoms with Gasteiger partial charge < -0.3 is 9.84 Å². The second-order valence-corrected chi connectivity index (χ2v) is 9.36. The highest BCUT2D eigenvalue weighted by atomic mass is 35.5. The van der Waals surface area contributed by atoms with E-state index in [1.165, 1.54) is 29.6 Å². The van der Waals surface area contributed by atoms with E-state index in [0.29, 0.717) is 24.9 Å². The van der Waals surface area contributed by atoms with Crippen LogP contribution in [0.3, 0.4) is 0 Å². The number of carboxylic acids is 1. The lowest BCUT2D eigenvalue weighted by molar-refractivity contribution is -0.136. The molecule has 0 radical (unpaired) electrons. The molecule has 1 aliphatic carbocycles. The van der Waals surface area contributed by atoms with Crippen LogP contribution in [0, 0.1) is 25.7 Å². The lowest BCUT2D eigenvalue weighted by atomic mass is 9.74. The molecule has 0 bridgehead atoms. The van der Waals surface area contributed by atoms with Gasteiger partial charge in [0.2, 0.25) is 0 Å². The number of carboxylic acid groups (broad SMARTS) is 1. The van der Waals surface area contributed by atoms with E-state index in [0.717, 1.165) is 33.9 Å². The van der Waals surface area contributed by atoms with E-state index in [1.807, 2.05) is 31.2 Å². The molecule has 1 N–H and O–H groups in total. The fourth-order valence-corrected chi connectivity index (χ4v) is 4.75. The average molecular weight is 441 g/mol. The molecule has 2 aromatic rings. The number of hydrogen-bond acceptors (Lipinski definition) is 2. The molecule has 3 rings (SSSR count). The van der Waals surface area contributed by atoms with Gasteiger partial charge in [-0.15, -0.1) is 0 Å². The summed E-state index contributed by atoms with van der Waals surface area (Å²) in [4.78, 5) is 10.9. The number of rotatable bonds is 8. The van der Waals surface area contributed by atoms with Crippen molar-refractivity contribution < 1.29 is 14.6 Å². The van der Waals surface area contributed by atoms with Gasteiger partial charge in [-0.25, -0.2) is 0 Å². The van der Waals surface area contributed by atoms with Crippen LogP contribution in [0.2, 0.25) is 5.02 Å². The SMILES string of the molecule is Cc1c(CCC(=O)O)ccc(OCC2=C(c3ccc(Cl)cc3)C(C(C)C)CCC2)c1C. The number of carbonyl (C=O) groups is 1. The van der Waals surface area contributed by atoms with Crippen molar-refractivity contribution in [3.63, 3.8) is 0 Å². The number of aliphatic carboxylic acids is 1. The predicted octanol–water partition coefficient (Wildman–Crippen LogP) is 7.26. The minimum Gasteiger partial charge on any atom is -0.489 e. The lowest BCUT2D eigenvalue weighted by Crippen LogP contribution is -2.20. The summed E-state index contributed by atoms with van der Waals surface area (Å²) in [7, 11) is 0. The predicted molar refractivity (Wildman–Crippen MR) is 128 cm³/mol. The first-order valence-electron chi connectivity index (χ1n) is 11.2. The van der Waals surface area contributed by atoms with Crippen molar-refractivity contribution in [1.82, 2.24) is 0 Å². The Morgan fingerprint density at radius 2 is 1.84 bits per heavy atom. The molecular formula is C27H33ClO3. The summed E-state index contributed by atoms with van der Waals surface area (Å²) in [5.74, 6) is 1.20. The van der Waals surface area contributed by atoms with Gasteiger partial charge in [-0.1, -0.05) is 43.6 Å². The smallest absolute Gasteiger partial charge is 0.303 e. The summed E-state index contributed by atoms with van der Waals surface area (Å²) in [5, 5.41) is 9.73. The van der Waals surface area contributed by atoms with Gasteiger partial charge in [0.25, 0.3) is 0 Å². The van der Waals surface area contributed by atoms with Crippen molar-refractivity contribution in [2.75, 3.05) is 6.61 Å². The van der Waals surface area contributed by atoms with Gasteiger partial charge in [-0.2, -0.15) is 0 Å². The minimum absolute atomic E-state index is 0.147. The summed E-state index contributed by atoms with van der Waals surface area (Å²) in [6.45, 7) is 9.28. The highest BCUT2D eigenvalue weighted by Gasteiger charge is 2.27. The van der Waals surface area contributed by atoms with Crippen LogP contribution in [0.4, 0.5) is 0 Å². The Labute approximate surface area is 191 Å². The van der Waals surface area contributed by atoms with Crippen molar-refractivity contribution in [3.05, 3.63) is 69.2 Å². The standard InChI is InChI=1S/C27H33ClO3/c1-17(2)24-7-5-6-22(27(24)21-8-12-23(28)13-9-21)16-31-25-14-10-20(11-15-26(29)30)18(3)19(25)4/h8-10,12-14,17,24H,5-7,11,15-16H2,1-4H3,(H,29,30). The van der Waals surface area contributed by atoms with Crippen LogP contribution in [0.1, 0.15) is 61.8 Å². The minimum atomic E-state index is -0.768. The first-order chi connectivity index (χ1) is 14.8. The molecule has 0 amide bonds. The van der Waals surface area contributed by atoms with Crippen LogP contribution in [-0.4, -0.2) is 17.7 Å². The molecule has 1 atom stereocenters. The van der Waals surface area contributed by atoms with Crippen LogP contribution in [0.15, 0.2) is 42.0 Å². The van der Waals surface area contributed by atoms with Crippen molar-refractivity contribution >= 4 is 23.1 Å². The molecule has 0 spiro atoms. The molecule has 0 fully saturated rings. The quantitative estimate of drug-likeness (QED) is 0.469. The van der Waals surface area contributed by atoms with Crippen molar-refractivity contribution in [1.29, 1.82) is 0 Å². The van der Waals surface area contributed by atoms with Crippen molar-refractivity contribution in [2.45, 2.75) is 59.8 Å². The highest BCUT2D eigenvalue weighted by molar-refractivity contribution is 6.30. The van der Waals surface area contributed by atoms with E-state index in [1.54, 1.807) is 0 Å². The number of aryl methyl sites for hydroxylation is 1. The maximum absolute atomic E-state index is 10.9. The summed E-state index contributed by atoms with van der Waals surface area (Å²) >= 11 is 6.14. The van der Waals surface area contributed by atoms with Crippen molar-refractivity contribution in [2.24, 2.45) is 11.8 Å². The fraction of sp³-hybridized carbons (Fsp3) is 0.444. The van der Waals surface area contributed by atoms with Gasteiger partial charge >= 0.3 is 5.97 Å². The maximum Gasteiger partial charge on any atom is 0.303 e. The Morgan fingerprint density at radius 1 is 1.13 bits per heavy atom. The normalized spacial score (nSPS) is 16.6. The maximum atomic E-state index is 10.9. The molecule has 31 heavy (non-hydrogen) atoms. The first kappa shape index (κ1) is 23.4. The molecule has 0 aliphatic heterocycles. The van der Waals surface area contributed by atoms with Crippen LogP contribution in [-0.2, 0) is 11.2 Å². The third-order valence-electron chi connectivity index (χ3n) is 6.57. The largest absolute Gasteiger partial charge is 0.489 e. The van der Waals surface area contributed by atoms with Gasteiger partial charge in [-0.05, 0) is 103 Å². The van der Waals surface area contributed by atoms with Crippen LogP contribution in [0.25, 0.3) is 5.57 Å². The molecule has 0 heterocycles. The Balaban J connectivity index is 1.87. The molecular weight excluding hydrogens is 408 g/mol. The molecule has 1 unspecified atom stereocenters. The van der Waals surface area contributed by atoms with Gasteiger partial charge in [0.05, 0.1) is 0 Å². The topological polar surface area (TPSA) is 46.5 Å². The van der Waals surface area contributed by atoms with E-state index in [4.69, 9.17) is 21.4 Å². The Hall–Kier alpha value is -2.26. The highest BCUT2D eigenvalue weighted by Crippen LogP contribution is 2.41. The second kappa shape index (κ2) is 10.4. The molecule has 166 valence electrons. The molecule has 0 saturated heterocycles. The number of benzene rings is 2. The van der Waals surface area contributed by atoms with Crippen LogP contribution >= 0.6 is 11.6 Å². The van der Waals surface area contributed by atoms with E-state index in [-0.39, 0.29) is 6.42 Å². The monoisotopic (exact) mass is 440 g/mol. The number of allylic oxidation sites excluding steroid dienone is 1. The number of hydrogen-bond donors (Lipinski definition) is 1. The zero-order valence-electron chi connectivity index (χ0n) is 19.0. The fourth-order valence-electron chi connectivity index (χ4n) is 4.63. The van der Waals surface area contributed by atoms with Gasteiger partial charge in [-0.3, -0.25) is 4.79 Å². The van der Waals surface area contributed by atoms with E-state index in [2.05, 4.69) is 32.9 Å². The van der Waals surface area contributed by atoms with Crippen molar-refractivity contribution in [3.8, 4) is 5.75 Å². The van der Waals surface area contributed by atoms with Gasteiger partial charge in [0.15, 0.2) is 0 Å². The molecule has 2 aromatic carbocycles. The third kappa shape index (κ3) is 5.71. The lowest BCUT2D eigenvalue weighted by Gasteiger charge is -2.32. The zero-order chi connectivity index (χ0) is 22.5. The number of halogens is 1. The number of ether oxygens (including phenoxy) is 1. The molecule has 3 nitrogen and oxygen atoms in total. The van der Waals surface area contributed by atoms with Gasteiger partial charge in [0.1, 0.15) is 12.4 Å². The zero-order valence-corrected chi connectivity index (χ0v) is 19.8. The Bertz CT molecular complexity index is 957. The van der Waals surface area contributed by atoms with E-state index < -0.39 is 5.97 Å². The average Bonchev–Trinajstić information content (AvgIpc) is 2.74. The van der Waals surface area contributed by atoms with E-state index >= 15 is 0 Å². The summed E-state index contributed by atoms with van der Waals surface area (Å²) in [6, 6.07) is 12.2. The third-order valence-corrected chi connectivity index (χ3v) is 6.82. The Morgan fingerprint density at radius 3 is 2.48 bits per heavy atom. The molecule has 1 aliphatic rings. The molecule has 0 aromatic heterocycles. The van der Waals surface area contributed by atoms with E-state index in [9.17, 15) is 4.79 Å². The molecule has 0 saturated carbocycles. The first-order valence-corrected chi connectivity index (χ1v) is 11.6. The van der Waals surface area contributed by atoms with Crippen LogP contribution < -0.4 is 4.74 Å². The van der Waals surface area contributed by atoms with Gasteiger partial charge in [0, 0.05) is 11.4 Å². The summed E-state index contributed by atoms with van der Waals surface area (Å²) < 4.78 is 6.34. The second-order valence-electron chi connectivity index (χ2n) is 8.92. The Kier molecular flexibility index (Phi) is 7.83. The molecule has 4 heteroatoms. The van der Waals surface area contributed by atoms with Crippen LogP contribution in [0.5, 0.6) is 5.75 Å². The summed E-state index contributed by atoms with van der Waals surface area (Å²) in [6.07, 6.45) is 4.13.